The number of hydrogen-bond acceptors (Lipinski definition) is 4. The molecule has 3 aromatic carbocycles. The highest BCUT2D eigenvalue weighted by Gasteiger charge is 2.13. The van der Waals surface area contributed by atoms with E-state index in [2.05, 4.69) is 15.5 Å². The zero-order valence-corrected chi connectivity index (χ0v) is 16.3. The monoisotopic (exact) mass is 403 g/mol. The summed E-state index contributed by atoms with van der Waals surface area (Å²) >= 11 is 5.90. The van der Waals surface area contributed by atoms with Crippen molar-refractivity contribution in [3.63, 3.8) is 0 Å². The van der Waals surface area contributed by atoms with Crippen molar-refractivity contribution in [1.82, 2.24) is 15.5 Å². The van der Waals surface area contributed by atoms with Gasteiger partial charge in [-0.3, -0.25) is 4.79 Å². The number of nitrogens with zero attached hydrogens (tertiary/aromatic N) is 2. The van der Waals surface area contributed by atoms with Crippen LogP contribution in [0.4, 0.5) is 0 Å². The van der Waals surface area contributed by atoms with Gasteiger partial charge in [0.1, 0.15) is 0 Å². The molecule has 0 aliphatic heterocycles. The molecular formula is C23H18ClN3O2. The molecule has 1 heterocycles. The molecule has 6 heteroatoms. The number of aromatic nitrogens is 2. The zero-order valence-electron chi connectivity index (χ0n) is 15.5. The Bertz CT molecular complexity index is 1110. The van der Waals surface area contributed by atoms with Crippen LogP contribution in [0.3, 0.4) is 0 Å². The number of carbonyl (C=O) groups is 1. The number of hydrogen-bond donors (Lipinski definition) is 1. The average Bonchev–Trinajstić information content (AvgIpc) is 3.24. The fourth-order valence-corrected chi connectivity index (χ4v) is 3.13. The van der Waals surface area contributed by atoms with Crippen molar-refractivity contribution in [3.05, 3.63) is 95.3 Å². The molecule has 0 aliphatic carbocycles. The average molecular weight is 404 g/mol. The van der Waals surface area contributed by atoms with Crippen LogP contribution in [-0.2, 0) is 6.42 Å². The molecule has 144 valence electrons. The number of rotatable bonds is 6. The molecule has 0 bridgehead atoms. The van der Waals surface area contributed by atoms with E-state index in [0.29, 0.717) is 35.3 Å². The summed E-state index contributed by atoms with van der Waals surface area (Å²) in [5, 5.41) is 7.56. The summed E-state index contributed by atoms with van der Waals surface area (Å²) in [7, 11) is 0. The van der Waals surface area contributed by atoms with Crippen LogP contribution in [0.1, 0.15) is 16.2 Å². The lowest BCUT2D eigenvalue weighted by Gasteiger charge is -2.09. The van der Waals surface area contributed by atoms with E-state index in [0.717, 1.165) is 16.7 Å². The smallest absolute Gasteiger partial charge is 0.251 e. The minimum absolute atomic E-state index is 0.137. The highest BCUT2D eigenvalue weighted by Crippen LogP contribution is 2.23. The van der Waals surface area contributed by atoms with Gasteiger partial charge in [-0.2, -0.15) is 4.98 Å². The molecule has 1 amide bonds. The maximum atomic E-state index is 12.7. The zero-order chi connectivity index (χ0) is 20.1. The van der Waals surface area contributed by atoms with Crippen LogP contribution >= 0.6 is 11.6 Å². The second kappa shape index (κ2) is 8.71. The first-order valence-corrected chi connectivity index (χ1v) is 9.60. The number of halogens is 1. The van der Waals surface area contributed by atoms with Crippen LogP contribution in [0, 0.1) is 0 Å². The number of benzene rings is 3. The summed E-state index contributed by atoms with van der Waals surface area (Å²) in [6.07, 6.45) is 0.444. The molecule has 0 unspecified atom stereocenters. The van der Waals surface area contributed by atoms with Crippen molar-refractivity contribution in [3.8, 4) is 22.5 Å². The Labute approximate surface area is 173 Å². The highest BCUT2D eigenvalue weighted by atomic mass is 35.5. The Hall–Kier alpha value is -3.44. The first-order chi connectivity index (χ1) is 14.2. The van der Waals surface area contributed by atoms with Gasteiger partial charge in [-0.15, -0.1) is 0 Å². The van der Waals surface area contributed by atoms with Gasteiger partial charge in [0.25, 0.3) is 5.91 Å². The van der Waals surface area contributed by atoms with Crippen LogP contribution in [0.2, 0.25) is 5.02 Å². The summed E-state index contributed by atoms with van der Waals surface area (Å²) < 4.78 is 5.28. The SMILES string of the molecule is O=C(NCCc1nc(-c2ccc(Cl)cc2)no1)c1ccccc1-c1ccccc1. The summed E-state index contributed by atoms with van der Waals surface area (Å²) in [5.41, 5.74) is 3.35. The van der Waals surface area contributed by atoms with Gasteiger partial charge in [0.05, 0.1) is 0 Å². The summed E-state index contributed by atoms with van der Waals surface area (Å²) in [4.78, 5) is 17.1. The topological polar surface area (TPSA) is 68.0 Å². The van der Waals surface area contributed by atoms with E-state index in [-0.39, 0.29) is 5.91 Å². The molecule has 1 aromatic heterocycles. The molecule has 0 atom stereocenters. The van der Waals surface area contributed by atoms with Gasteiger partial charge in [-0.1, -0.05) is 65.3 Å². The highest BCUT2D eigenvalue weighted by molar-refractivity contribution is 6.30. The maximum Gasteiger partial charge on any atom is 0.251 e. The maximum absolute atomic E-state index is 12.7. The van der Waals surface area contributed by atoms with Gasteiger partial charge in [-0.05, 0) is 41.5 Å². The number of amides is 1. The third kappa shape index (κ3) is 4.52. The van der Waals surface area contributed by atoms with E-state index >= 15 is 0 Å². The first-order valence-electron chi connectivity index (χ1n) is 9.22. The molecule has 0 aliphatic rings. The lowest BCUT2D eigenvalue weighted by Crippen LogP contribution is -2.26. The van der Waals surface area contributed by atoms with Crippen molar-refractivity contribution in [2.45, 2.75) is 6.42 Å². The van der Waals surface area contributed by atoms with Crippen LogP contribution in [0.25, 0.3) is 22.5 Å². The van der Waals surface area contributed by atoms with Gasteiger partial charge in [0.15, 0.2) is 0 Å². The van der Waals surface area contributed by atoms with Crippen LogP contribution in [0.5, 0.6) is 0 Å². The Kier molecular flexibility index (Phi) is 5.68. The molecule has 4 aromatic rings. The normalized spacial score (nSPS) is 10.7. The molecule has 29 heavy (non-hydrogen) atoms. The molecular weight excluding hydrogens is 386 g/mol. The van der Waals surface area contributed by atoms with Crippen molar-refractivity contribution in [2.24, 2.45) is 0 Å². The molecule has 1 N–H and O–H groups in total. The molecule has 4 rings (SSSR count). The molecule has 0 spiro atoms. The fraction of sp³-hybridized carbons (Fsp3) is 0.0870. The summed E-state index contributed by atoms with van der Waals surface area (Å²) in [5.74, 6) is 0.825. The molecule has 5 nitrogen and oxygen atoms in total. The molecule has 0 fully saturated rings. The van der Waals surface area contributed by atoms with Crippen molar-refractivity contribution >= 4 is 17.5 Å². The van der Waals surface area contributed by atoms with E-state index in [9.17, 15) is 4.79 Å². The minimum Gasteiger partial charge on any atom is -0.352 e. The Morgan fingerprint density at radius 3 is 2.41 bits per heavy atom. The summed E-state index contributed by atoms with van der Waals surface area (Å²) in [6, 6.07) is 24.6. The lowest BCUT2D eigenvalue weighted by atomic mass is 9.99. The van der Waals surface area contributed by atoms with Gasteiger partial charge in [-0.25, -0.2) is 0 Å². The lowest BCUT2D eigenvalue weighted by molar-refractivity contribution is 0.0954. The second-order valence-corrected chi connectivity index (χ2v) is 6.87. The van der Waals surface area contributed by atoms with E-state index in [1.165, 1.54) is 0 Å². The molecule has 0 saturated heterocycles. The number of carbonyl (C=O) groups excluding carboxylic acids is 1. The predicted molar refractivity (Wildman–Crippen MR) is 113 cm³/mol. The van der Waals surface area contributed by atoms with E-state index in [4.69, 9.17) is 16.1 Å². The number of nitrogens with one attached hydrogen (secondary N) is 1. The third-order valence-corrected chi connectivity index (χ3v) is 4.70. The van der Waals surface area contributed by atoms with Gasteiger partial charge < -0.3 is 9.84 Å². The van der Waals surface area contributed by atoms with Crippen molar-refractivity contribution in [1.29, 1.82) is 0 Å². The van der Waals surface area contributed by atoms with Crippen molar-refractivity contribution in [2.75, 3.05) is 6.54 Å². The largest absolute Gasteiger partial charge is 0.352 e. The van der Waals surface area contributed by atoms with Crippen LogP contribution < -0.4 is 5.32 Å². The predicted octanol–water partition coefficient (Wildman–Crippen LogP) is 5.03. The fourth-order valence-electron chi connectivity index (χ4n) is 3.00. The van der Waals surface area contributed by atoms with E-state index in [1.807, 2.05) is 66.7 Å². The summed E-state index contributed by atoms with van der Waals surface area (Å²) in [6.45, 7) is 0.393. The second-order valence-electron chi connectivity index (χ2n) is 6.44. The molecule has 0 saturated carbocycles. The standard InChI is InChI=1S/C23H18ClN3O2/c24-18-12-10-17(11-13-18)22-26-21(29-27-22)14-15-25-23(28)20-9-5-4-8-19(20)16-6-2-1-3-7-16/h1-13H,14-15H2,(H,25,28). The van der Waals surface area contributed by atoms with Gasteiger partial charge in [0, 0.05) is 29.1 Å². The Morgan fingerprint density at radius 2 is 1.62 bits per heavy atom. The Morgan fingerprint density at radius 1 is 0.897 bits per heavy atom. The van der Waals surface area contributed by atoms with E-state index < -0.39 is 0 Å². The van der Waals surface area contributed by atoms with Crippen molar-refractivity contribution < 1.29 is 9.32 Å². The quantitative estimate of drug-likeness (QED) is 0.490. The first kappa shape index (κ1) is 18.9. The third-order valence-electron chi connectivity index (χ3n) is 4.45. The van der Waals surface area contributed by atoms with Gasteiger partial charge in [0.2, 0.25) is 11.7 Å². The van der Waals surface area contributed by atoms with E-state index in [1.54, 1.807) is 12.1 Å². The minimum atomic E-state index is -0.137. The van der Waals surface area contributed by atoms with Crippen LogP contribution in [0.15, 0.2) is 83.4 Å². The molecule has 0 radical (unpaired) electrons. The Balaban J connectivity index is 1.40. The van der Waals surface area contributed by atoms with Crippen LogP contribution in [-0.4, -0.2) is 22.6 Å². The van der Waals surface area contributed by atoms with Gasteiger partial charge >= 0.3 is 0 Å².